The maximum absolute atomic E-state index is 10.7. The highest BCUT2D eigenvalue weighted by Gasteiger charge is 2.41. The molecule has 0 spiro atoms. The second-order valence-electron chi connectivity index (χ2n) is 4.45. The van der Waals surface area contributed by atoms with E-state index in [9.17, 15) is 28.8 Å². The van der Waals surface area contributed by atoms with Gasteiger partial charge in [-0.05, 0) is 0 Å². The van der Waals surface area contributed by atoms with Crippen LogP contribution >= 0.6 is 0 Å². The monoisotopic (exact) mass is 366 g/mol. The van der Waals surface area contributed by atoms with Crippen LogP contribution in [0.4, 0.5) is 9.59 Å². The molecule has 0 aromatic heterocycles. The van der Waals surface area contributed by atoms with Crippen molar-refractivity contribution in [1.82, 2.24) is 16.0 Å². The zero-order chi connectivity index (χ0) is 19.8. The first kappa shape index (κ1) is 21.5. The fourth-order valence-corrected chi connectivity index (χ4v) is 1.40. The fraction of sp³-hybridized carbons (Fsp3) is 0.400. The van der Waals surface area contributed by atoms with Gasteiger partial charge in [0, 0.05) is 0 Å². The molecule has 15 heteroatoms. The van der Waals surface area contributed by atoms with Crippen molar-refractivity contribution in [1.29, 1.82) is 0 Å². The molecule has 1 aliphatic heterocycles. The summed E-state index contributed by atoms with van der Waals surface area (Å²) >= 11 is 0. The van der Waals surface area contributed by atoms with Gasteiger partial charge in [-0.25, -0.2) is 19.2 Å². The number of carbonyl (C=O) groups is 6. The van der Waals surface area contributed by atoms with Crippen LogP contribution in [-0.2, 0) is 24.1 Å². The van der Waals surface area contributed by atoms with E-state index in [1.54, 1.807) is 0 Å². The van der Waals surface area contributed by atoms with Crippen LogP contribution in [0, 0.1) is 0 Å². The molecule has 9 N–H and O–H groups in total. The summed E-state index contributed by atoms with van der Waals surface area (Å²) in [6, 6.07) is -1.51. The summed E-state index contributed by atoms with van der Waals surface area (Å²) < 4.78 is 0. The lowest BCUT2D eigenvalue weighted by Gasteiger charge is -2.18. The number of hydrogen-bond donors (Lipinski definition) is 8. The van der Waals surface area contributed by atoms with E-state index < -0.39 is 60.5 Å². The van der Waals surface area contributed by atoms with Crippen molar-refractivity contribution in [2.24, 2.45) is 5.73 Å². The summed E-state index contributed by atoms with van der Waals surface area (Å²) in [5, 5.41) is 39.7. The van der Waals surface area contributed by atoms with Crippen molar-refractivity contribution in [2.45, 2.75) is 24.6 Å². The molecule has 2 atom stereocenters. The third-order valence-electron chi connectivity index (χ3n) is 2.44. The van der Waals surface area contributed by atoms with E-state index in [0.717, 1.165) is 0 Å². The van der Waals surface area contributed by atoms with Crippen LogP contribution in [0.2, 0.25) is 0 Å². The van der Waals surface area contributed by atoms with Gasteiger partial charge in [-0.3, -0.25) is 14.9 Å². The van der Waals surface area contributed by atoms with E-state index in [-0.39, 0.29) is 0 Å². The highest BCUT2D eigenvalue weighted by molar-refractivity contribution is 6.05. The average molecular weight is 366 g/mol. The number of imide groups is 1. The Labute approximate surface area is 137 Å². The van der Waals surface area contributed by atoms with Gasteiger partial charge in [0.1, 0.15) is 0 Å². The lowest BCUT2D eigenvalue weighted by molar-refractivity contribution is -0.238. The molecule has 0 aromatic rings. The quantitative estimate of drug-likeness (QED) is 0.130. The fourth-order valence-electron chi connectivity index (χ4n) is 1.40. The molecule has 25 heavy (non-hydrogen) atoms. The van der Waals surface area contributed by atoms with Crippen molar-refractivity contribution >= 4 is 35.9 Å². The minimum Gasteiger partial charge on any atom is -0.481 e. The van der Waals surface area contributed by atoms with E-state index >= 15 is 0 Å². The van der Waals surface area contributed by atoms with Crippen molar-refractivity contribution < 1.29 is 54.2 Å². The second kappa shape index (κ2) is 8.99. The number of nitrogens with two attached hydrogens (primary N) is 1. The molecular formula is C10H14N4O11. The lowest BCUT2D eigenvalue weighted by atomic mass is 9.96. The first-order valence-corrected chi connectivity index (χ1v) is 6.10. The Morgan fingerprint density at radius 1 is 1.20 bits per heavy atom. The smallest absolute Gasteiger partial charge is 0.345 e. The first-order chi connectivity index (χ1) is 11.4. The Kier molecular flexibility index (Phi) is 7.74. The molecule has 0 radical (unpaired) electrons. The third-order valence-corrected chi connectivity index (χ3v) is 2.44. The molecule has 0 aliphatic carbocycles. The minimum atomic E-state index is -2.77. The van der Waals surface area contributed by atoms with Gasteiger partial charge < -0.3 is 36.6 Å². The van der Waals surface area contributed by atoms with Crippen LogP contribution in [0.15, 0.2) is 0 Å². The molecule has 1 fully saturated rings. The van der Waals surface area contributed by atoms with E-state index in [1.165, 1.54) is 0 Å². The van der Waals surface area contributed by atoms with Gasteiger partial charge >= 0.3 is 30.0 Å². The van der Waals surface area contributed by atoms with Gasteiger partial charge in [0.05, 0.1) is 12.8 Å². The summed E-state index contributed by atoms with van der Waals surface area (Å²) in [6.45, 7) is 0. The van der Waals surface area contributed by atoms with E-state index in [1.807, 2.05) is 10.6 Å². The molecule has 1 saturated heterocycles. The van der Waals surface area contributed by atoms with Gasteiger partial charge in [-0.1, -0.05) is 0 Å². The van der Waals surface area contributed by atoms with Gasteiger partial charge in [-0.15, -0.1) is 0 Å². The van der Waals surface area contributed by atoms with E-state index in [0.29, 0.717) is 0 Å². The number of carboxylic acid groups (broad SMARTS) is 2. The standard InChI is InChI=1S/C6H8O8.C4H6N4O3/c7-3(8)1-6(12,5(10)11)2-4(9)14-13;5-3(10)6-1-2(9)8-4(11)7-1/h12-13H,1-2H2,(H,7,8)(H,10,11);1H,(H3,5,6,10)(H2,7,8,9,11). The molecule has 1 heterocycles. The molecule has 0 bridgehead atoms. The number of rotatable bonds is 6. The average Bonchev–Trinajstić information content (AvgIpc) is 2.75. The maximum Gasteiger partial charge on any atom is 0.345 e. The summed E-state index contributed by atoms with van der Waals surface area (Å²) in [5.74, 6) is -5.53. The van der Waals surface area contributed by atoms with Crippen molar-refractivity contribution in [2.75, 3.05) is 0 Å². The van der Waals surface area contributed by atoms with Gasteiger partial charge in [-0.2, -0.15) is 5.26 Å². The first-order valence-electron chi connectivity index (χ1n) is 6.10. The Hall–Kier alpha value is -3.46. The molecule has 1 aliphatic rings. The summed E-state index contributed by atoms with van der Waals surface area (Å²) in [7, 11) is 0. The van der Waals surface area contributed by atoms with Crippen LogP contribution < -0.4 is 21.7 Å². The van der Waals surface area contributed by atoms with E-state index in [2.05, 4.69) is 10.2 Å². The lowest BCUT2D eigenvalue weighted by Crippen LogP contribution is -2.48. The number of carboxylic acids is 2. The number of carbonyl (C=O) groups excluding carboxylic acids is 4. The Balaban J connectivity index is 0.000000472. The van der Waals surface area contributed by atoms with Crippen molar-refractivity contribution in [3.8, 4) is 0 Å². The Bertz CT molecular complexity index is 591. The predicted molar refractivity (Wildman–Crippen MR) is 71.4 cm³/mol. The van der Waals surface area contributed by atoms with Crippen LogP contribution in [0.5, 0.6) is 0 Å². The Morgan fingerprint density at radius 3 is 2.08 bits per heavy atom. The van der Waals surface area contributed by atoms with Crippen LogP contribution in [0.3, 0.4) is 0 Å². The number of aliphatic carboxylic acids is 2. The van der Waals surface area contributed by atoms with Crippen LogP contribution in [0.25, 0.3) is 0 Å². The molecule has 140 valence electrons. The Morgan fingerprint density at radius 2 is 1.76 bits per heavy atom. The zero-order valence-electron chi connectivity index (χ0n) is 12.2. The third kappa shape index (κ3) is 7.57. The predicted octanol–water partition coefficient (Wildman–Crippen LogP) is -3.50. The zero-order valence-corrected chi connectivity index (χ0v) is 12.2. The summed E-state index contributed by atoms with van der Waals surface area (Å²) in [5.41, 5.74) is 1.93. The number of hydrogen-bond acceptors (Lipinski definition) is 9. The van der Waals surface area contributed by atoms with Gasteiger partial charge in [0.25, 0.3) is 5.91 Å². The molecule has 5 amide bonds. The highest BCUT2D eigenvalue weighted by atomic mass is 17.1. The SMILES string of the molecule is NC(=O)NC1NC(=O)NC1=O.O=C(O)CC(O)(CC(=O)OO)C(=O)O. The van der Waals surface area contributed by atoms with Crippen LogP contribution in [-0.4, -0.2) is 68.2 Å². The normalized spacial score (nSPS) is 17.8. The number of aliphatic hydroxyl groups is 1. The highest BCUT2D eigenvalue weighted by Crippen LogP contribution is 2.16. The maximum atomic E-state index is 10.7. The molecule has 0 aromatic carbocycles. The number of amides is 5. The molecule has 15 nitrogen and oxygen atoms in total. The second-order valence-corrected chi connectivity index (χ2v) is 4.45. The van der Waals surface area contributed by atoms with Crippen molar-refractivity contribution in [3.63, 3.8) is 0 Å². The molecule has 2 unspecified atom stereocenters. The summed E-state index contributed by atoms with van der Waals surface area (Å²) in [4.78, 5) is 65.4. The number of nitrogens with one attached hydrogen (secondary N) is 3. The van der Waals surface area contributed by atoms with Crippen molar-refractivity contribution in [3.05, 3.63) is 0 Å². The largest absolute Gasteiger partial charge is 0.481 e. The topological polar surface area (TPSA) is 255 Å². The van der Waals surface area contributed by atoms with Crippen LogP contribution in [0.1, 0.15) is 12.8 Å². The minimum absolute atomic E-state index is 0.617. The number of urea groups is 2. The van der Waals surface area contributed by atoms with Gasteiger partial charge in [0.2, 0.25) is 0 Å². The number of primary amides is 1. The molecule has 1 rings (SSSR count). The molecular weight excluding hydrogens is 352 g/mol. The molecule has 0 saturated carbocycles. The van der Waals surface area contributed by atoms with E-state index in [4.69, 9.17) is 26.3 Å². The van der Waals surface area contributed by atoms with Gasteiger partial charge in [0.15, 0.2) is 11.8 Å². The summed E-state index contributed by atoms with van der Waals surface area (Å²) in [6.07, 6.45) is -3.36.